The number of Topliss-reactive ketones (excluding diaryl/α,β-unsaturated/α-hetero) is 1. The van der Waals surface area contributed by atoms with E-state index in [0.29, 0.717) is 11.5 Å². The summed E-state index contributed by atoms with van der Waals surface area (Å²) < 4.78 is 7.74. The smallest absolute Gasteiger partial charge is 0.253 e. The summed E-state index contributed by atoms with van der Waals surface area (Å²) in [7, 11) is 3.51. The highest BCUT2D eigenvalue weighted by Crippen LogP contribution is 2.69. The van der Waals surface area contributed by atoms with E-state index in [9.17, 15) is 9.59 Å². The lowest BCUT2D eigenvalue weighted by Crippen LogP contribution is -2.21. The number of ketones is 1. The van der Waals surface area contributed by atoms with Gasteiger partial charge in [-0.2, -0.15) is 0 Å². The third-order valence-corrected chi connectivity index (χ3v) is 7.88. The summed E-state index contributed by atoms with van der Waals surface area (Å²) in [4.78, 5) is 27.8. The molecule has 1 aromatic heterocycles. The zero-order valence-corrected chi connectivity index (χ0v) is 19.1. The van der Waals surface area contributed by atoms with Crippen molar-refractivity contribution in [2.75, 3.05) is 27.3 Å². The van der Waals surface area contributed by atoms with Crippen LogP contribution in [0, 0.1) is 22.7 Å². The number of rotatable bonds is 5. The number of hydrogen-bond donors (Lipinski definition) is 0. The zero-order valence-electron chi connectivity index (χ0n) is 19.1. The van der Waals surface area contributed by atoms with Crippen LogP contribution >= 0.6 is 0 Å². The molecule has 1 aliphatic carbocycles. The van der Waals surface area contributed by atoms with Gasteiger partial charge in [0.05, 0.1) is 0 Å². The predicted molar refractivity (Wildman–Crippen MR) is 119 cm³/mol. The van der Waals surface area contributed by atoms with Crippen molar-refractivity contribution in [2.24, 2.45) is 22.7 Å². The summed E-state index contributed by atoms with van der Waals surface area (Å²) in [5, 5.41) is 0.901. The quantitative estimate of drug-likeness (QED) is 0.675. The van der Waals surface area contributed by atoms with Crippen LogP contribution in [0.4, 0.5) is 0 Å². The molecule has 0 atom stereocenters. The molecule has 30 heavy (non-hydrogen) atoms. The van der Waals surface area contributed by atoms with Crippen molar-refractivity contribution >= 4 is 22.6 Å². The molecule has 2 aromatic rings. The van der Waals surface area contributed by atoms with Gasteiger partial charge in [-0.1, -0.05) is 27.7 Å². The number of amides is 1. The molecule has 0 N–H and O–H groups in total. The summed E-state index contributed by atoms with van der Waals surface area (Å²) in [6.07, 6.45) is 4.13. The van der Waals surface area contributed by atoms with Crippen LogP contribution in [0.2, 0.25) is 0 Å². The first kappa shape index (κ1) is 21.1. The average molecular weight is 411 g/mol. The fraction of sp³-hybridized carbons (Fsp3) is 0.600. The van der Waals surface area contributed by atoms with Crippen molar-refractivity contribution in [1.29, 1.82) is 0 Å². The summed E-state index contributed by atoms with van der Waals surface area (Å²) in [5.74, 6) is 0.712. The van der Waals surface area contributed by atoms with Crippen LogP contribution in [-0.4, -0.2) is 48.5 Å². The number of aromatic nitrogens is 1. The largest absolute Gasteiger partial charge is 0.381 e. The van der Waals surface area contributed by atoms with Crippen LogP contribution in [0.25, 0.3) is 10.9 Å². The molecule has 1 saturated carbocycles. The van der Waals surface area contributed by atoms with E-state index in [1.165, 1.54) is 0 Å². The minimum atomic E-state index is -0.0421. The van der Waals surface area contributed by atoms with E-state index in [-0.39, 0.29) is 28.4 Å². The molecule has 1 saturated heterocycles. The van der Waals surface area contributed by atoms with Crippen LogP contribution in [0.15, 0.2) is 24.4 Å². The Kier molecular flexibility index (Phi) is 5.08. The van der Waals surface area contributed by atoms with Gasteiger partial charge < -0.3 is 14.2 Å². The third kappa shape index (κ3) is 3.27. The normalized spacial score (nSPS) is 21.0. The van der Waals surface area contributed by atoms with Gasteiger partial charge in [-0.3, -0.25) is 9.59 Å². The predicted octanol–water partition coefficient (Wildman–Crippen LogP) is 4.63. The summed E-state index contributed by atoms with van der Waals surface area (Å²) in [6, 6.07) is 5.80. The van der Waals surface area contributed by atoms with Crippen LogP contribution in [0.5, 0.6) is 0 Å². The number of carbonyl (C=O) groups excluding carboxylic acids is 2. The number of benzene rings is 1. The molecule has 1 amide bonds. The Balaban J connectivity index is 1.77. The molecule has 0 spiro atoms. The van der Waals surface area contributed by atoms with E-state index in [1.54, 1.807) is 19.0 Å². The molecule has 1 aromatic carbocycles. The first-order valence-electron chi connectivity index (χ1n) is 11.0. The lowest BCUT2D eigenvalue weighted by molar-refractivity contribution is 0.0616. The molecule has 2 fully saturated rings. The molecule has 2 aliphatic rings. The van der Waals surface area contributed by atoms with Crippen molar-refractivity contribution in [3.63, 3.8) is 0 Å². The summed E-state index contributed by atoms with van der Waals surface area (Å²) in [5.41, 5.74) is 2.39. The van der Waals surface area contributed by atoms with Crippen molar-refractivity contribution in [3.8, 4) is 0 Å². The van der Waals surface area contributed by atoms with Crippen LogP contribution in [0.3, 0.4) is 0 Å². The standard InChI is InChI=1S/C25H34N2O3/c1-24(2)22(25(24,3)4)21(28)19-15-27(14-16-9-11-30-12-10-16)20-8-7-17(13-18(19)20)23(29)26(5)6/h7-8,13,15-16,22H,9-12,14H2,1-6H3. The third-order valence-electron chi connectivity index (χ3n) is 7.88. The molecule has 4 rings (SSSR count). The Hall–Kier alpha value is -2.14. The molecule has 2 heterocycles. The van der Waals surface area contributed by atoms with E-state index < -0.39 is 0 Å². The van der Waals surface area contributed by atoms with Gasteiger partial charge in [0, 0.05) is 68.0 Å². The second kappa shape index (κ2) is 7.23. The van der Waals surface area contributed by atoms with Gasteiger partial charge in [-0.05, 0) is 47.8 Å². The molecule has 0 radical (unpaired) electrons. The Labute approximate surface area is 179 Å². The van der Waals surface area contributed by atoms with Gasteiger partial charge in [0.2, 0.25) is 0 Å². The maximum Gasteiger partial charge on any atom is 0.253 e. The van der Waals surface area contributed by atoms with Crippen LogP contribution in [-0.2, 0) is 11.3 Å². The van der Waals surface area contributed by atoms with Crippen molar-refractivity contribution in [3.05, 3.63) is 35.5 Å². The summed E-state index contributed by atoms with van der Waals surface area (Å²) >= 11 is 0. The fourth-order valence-corrected chi connectivity index (χ4v) is 5.25. The molecular weight excluding hydrogens is 376 g/mol. The van der Waals surface area contributed by atoms with Crippen LogP contribution in [0.1, 0.15) is 61.3 Å². The van der Waals surface area contributed by atoms with Gasteiger partial charge >= 0.3 is 0 Å². The first-order chi connectivity index (χ1) is 14.1. The monoisotopic (exact) mass is 410 g/mol. The number of fused-ring (bicyclic) bond motifs is 1. The van der Waals surface area contributed by atoms with E-state index in [4.69, 9.17) is 4.74 Å². The van der Waals surface area contributed by atoms with Crippen molar-refractivity contribution in [1.82, 2.24) is 9.47 Å². The second-order valence-electron chi connectivity index (χ2n) is 10.4. The van der Waals surface area contributed by atoms with Gasteiger partial charge in [-0.25, -0.2) is 0 Å². The topological polar surface area (TPSA) is 51.5 Å². The maximum atomic E-state index is 13.6. The van der Waals surface area contributed by atoms with E-state index in [1.807, 2.05) is 24.4 Å². The van der Waals surface area contributed by atoms with E-state index in [2.05, 4.69) is 32.3 Å². The first-order valence-corrected chi connectivity index (χ1v) is 11.0. The molecule has 0 bridgehead atoms. The van der Waals surface area contributed by atoms with Gasteiger partial charge in [0.15, 0.2) is 5.78 Å². The van der Waals surface area contributed by atoms with Crippen molar-refractivity contribution < 1.29 is 14.3 Å². The van der Waals surface area contributed by atoms with Crippen LogP contribution < -0.4 is 0 Å². The minimum absolute atomic E-state index is 0.000312. The SMILES string of the molecule is CN(C)C(=O)c1ccc2c(c1)c(C(=O)C1C(C)(C)C1(C)C)cn2CC1CCOCC1. The van der Waals surface area contributed by atoms with Gasteiger partial charge in [0.25, 0.3) is 5.91 Å². The molecule has 1 aliphatic heterocycles. The van der Waals surface area contributed by atoms with Crippen molar-refractivity contribution in [2.45, 2.75) is 47.1 Å². The Morgan fingerprint density at radius 3 is 2.30 bits per heavy atom. The Morgan fingerprint density at radius 1 is 1.10 bits per heavy atom. The number of carbonyl (C=O) groups is 2. The second-order valence-corrected chi connectivity index (χ2v) is 10.4. The maximum absolute atomic E-state index is 13.6. The van der Waals surface area contributed by atoms with E-state index >= 15 is 0 Å². The average Bonchev–Trinajstić information content (AvgIpc) is 2.96. The molecule has 162 valence electrons. The molecule has 5 nitrogen and oxygen atoms in total. The fourth-order valence-electron chi connectivity index (χ4n) is 5.25. The molecule has 0 unspecified atom stereocenters. The Morgan fingerprint density at radius 2 is 1.73 bits per heavy atom. The number of hydrogen-bond acceptors (Lipinski definition) is 3. The highest BCUT2D eigenvalue weighted by molar-refractivity contribution is 6.12. The lowest BCUT2D eigenvalue weighted by Gasteiger charge is -2.22. The lowest BCUT2D eigenvalue weighted by atomic mass is 9.99. The minimum Gasteiger partial charge on any atom is -0.381 e. The van der Waals surface area contributed by atoms with Gasteiger partial charge in [0.1, 0.15) is 0 Å². The number of ether oxygens (including phenoxy) is 1. The van der Waals surface area contributed by atoms with Gasteiger partial charge in [-0.15, -0.1) is 0 Å². The number of nitrogens with zero attached hydrogens (tertiary/aromatic N) is 2. The molecule has 5 heteroatoms. The Bertz CT molecular complexity index is 979. The summed E-state index contributed by atoms with van der Waals surface area (Å²) in [6.45, 7) is 11.2. The van der Waals surface area contributed by atoms with E-state index in [0.717, 1.165) is 49.1 Å². The highest BCUT2D eigenvalue weighted by atomic mass is 16.5. The molecular formula is C25H34N2O3. The highest BCUT2D eigenvalue weighted by Gasteiger charge is 2.68. The zero-order chi connectivity index (χ0) is 21.8.